The van der Waals surface area contributed by atoms with Gasteiger partial charge >= 0.3 is 0 Å². The normalized spacial score (nSPS) is 12.2. The molecule has 3 aromatic carbocycles. The van der Waals surface area contributed by atoms with Crippen LogP contribution in [0.4, 0.5) is 11.4 Å². The van der Waals surface area contributed by atoms with Gasteiger partial charge in [0.05, 0.1) is 11.9 Å². The molecule has 31 heavy (non-hydrogen) atoms. The molecule has 7 heteroatoms. The zero-order valence-corrected chi connectivity index (χ0v) is 19.4. The molecule has 0 heterocycles. The summed E-state index contributed by atoms with van der Waals surface area (Å²) in [5.41, 5.74) is 3.21. The summed E-state index contributed by atoms with van der Waals surface area (Å²) in [7, 11) is -3.64. The van der Waals surface area contributed by atoms with E-state index in [1.165, 1.54) is 4.90 Å². The van der Waals surface area contributed by atoms with Gasteiger partial charge in [0.25, 0.3) is 0 Å². The van der Waals surface area contributed by atoms with E-state index in [9.17, 15) is 13.2 Å². The molecule has 0 aromatic heterocycles. The number of nitrogens with one attached hydrogen (secondary N) is 1. The zero-order valence-electron chi connectivity index (χ0n) is 17.8. The lowest BCUT2D eigenvalue weighted by Gasteiger charge is -2.28. The highest BCUT2D eigenvalue weighted by Gasteiger charge is 2.29. The van der Waals surface area contributed by atoms with Gasteiger partial charge in [0.2, 0.25) is 15.9 Å². The number of hydrogen-bond acceptors (Lipinski definition) is 4. The van der Waals surface area contributed by atoms with Crippen molar-refractivity contribution in [2.75, 3.05) is 15.9 Å². The first-order valence-electron chi connectivity index (χ1n) is 9.88. The molecular formula is C24H26N2O3S2. The topological polar surface area (TPSA) is 66.5 Å². The fraction of sp³-hybridized carbons (Fsp3) is 0.208. The number of amides is 1. The average Bonchev–Trinajstić information content (AvgIpc) is 2.74. The molecule has 5 nitrogen and oxygen atoms in total. The third kappa shape index (κ3) is 6.12. The van der Waals surface area contributed by atoms with Gasteiger partial charge in [0.1, 0.15) is 6.04 Å². The van der Waals surface area contributed by atoms with Crippen LogP contribution in [0.25, 0.3) is 0 Å². The standard InChI is InChI=1S/C24H26N2O3S2/c1-18-16-20(17-30-22-12-8-5-9-13-22)14-15-23(18)25-24(27)19(2)26(31(3,28)29)21-10-6-4-7-11-21/h4-16,19H,17H2,1-3H3,(H,25,27)/t19-/m1/s1. The molecule has 0 aliphatic heterocycles. The van der Waals surface area contributed by atoms with Crippen LogP contribution < -0.4 is 9.62 Å². The van der Waals surface area contributed by atoms with Crippen LogP contribution in [0.3, 0.4) is 0 Å². The van der Waals surface area contributed by atoms with E-state index in [0.29, 0.717) is 11.4 Å². The van der Waals surface area contributed by atoms with Crippen LogP contribution in [0, 0.1) is 6.92 Å². The first-order chi connectivity index (χ1) is 14.8. The molecule has 162 valence electrons. The van der Waals surface area contributed by atoms with Crippen molar-refractivity contribution >= 4 is 39.1 Å². The van der Waals surface area contributed by atoms with Crippen molar-refractivity contribution in [2.45, 2.75) is 30.5 Å². The second kappa shape index (κ2) is 10.0. The Morgan fingerprint density at radius 1 is 1.00 bits per heavy atom. The van der Waals surface area contributed by atoms with E-state index >= 15 is 0 Å². The SMILES string of the molecule is Cc1cc(CSc2ccccc2)ccc1NC(=O)[C@@H](C)N(c1ccccc1)S(C)(=O)=O. The number of aryl methyl sites for hydroxylation is 1. The second-order valence-corrected chi connectivity index (χ2v) is 10.2. The van der Waals surface area contributed by atoms with E-state index < -0.39 is 16.1 Å². The average molecular weight is 455 g/mol. The van der Waals surface area contributed by atoms with E-state index in [1.807, 2.05) is 43.3 Å². The Hall–Kier alpha value is -2.77. The molecule has 0 aliphatic rings. The van der Waals surface area contributed by atoms with Gasteiger partial charge in [0, 0.05) is 16.3 Å². The largest absolute Gasteiger partial charge is 0.324 e. The molecule has 1 amide bonds. The first-order valence-corrected chi connectivity index (χ1v) is 12.7. The summed E-state index contributed by atoms with van der Waals surface area (Å²) in [6.45, 7) is 3.52. The van der Waals surface area contributed by atoms with E-state index in [-0.39, 0.29) is 5.91 Å². The van der Waals surface area contributed by atoms with Crippen molar-refractivity contribution in [3.63, 3.8) is 0 Å². The lowest BCUT2D eigenvalue weighted by Crippen LogP contribution is -2.45. The molecule has 0 bridgehead atoms. The number of para-hydroxylation sites is 1. The number of nitrogens with zero attached hydrogens (tertiary/aromatic N) is 1. The van der Waals surface area contributed by atoms with Gasteiger partial charge in [-0.2, -0.15) is 0 Å². The molecule has 0 fully saturated rings. The van der Waals surface area contributed by atoms with Crippen molar-refractivity contribution in [1.29, 1.82) is 0 Å². The maximum atomic E-state index is 12.9. The third-order valence-electron chi connectivity index (χ3n) is 4.80. The van der Waals surface area contributed by atoms with Crippen LogP contribution in [-0.2, 0) is 20.6 Å². The number of thioether (sulfide) groups is 1. The minimum absolute atomic E-state index is 0.385. The predicted octanol–water partition coefficient (Wildman–Crippen LogP) is 5.08. The van der Waals surface area contributed by atoms with Crippen molar-refractivity contribution in [3.8, 4) is 0 Å². The lowest BCUT2D eigenvalue weighted by molar-refractivity contribution is -0.116. The molecular weight excluding hydrogens is 428 g/mol. The molecule has 0 saturated heterocycles. The molecule has 0 spiro atoms. The van der Waals surface area contributed by atoms with Crippen molar-refractivity contribution in [1.82, 2.24) is 0 Å². The van der Waals surface area contributed by atoms with Gasteiger partial charge in [-0.05, 0) is 55.3 Å². The van der Waals surface area contributed by atoms with Gasteiger partial charge < -0.3 is 5.32 Å². The summed E-state index contributed by atoms with van der Waals surface area (Å²) < 4.78 is 25.9. The van der Waals surface area contributed by atoms with Crippen LogP contribution in [0.15, 0.2) is 83.8 Å². The highest BCUT2D eigenvalue weighted by molar-refractivity contribution is 7.98. The van der Waals surface area contributed by atoms with Gasteiger partial charge in [-0.15, -0.1) is 11.8 Å². The van der Waals surface area contributed by atoms with E-state index in [0.717, 1.165) is 27.4 Å². The second-order valence-electron chi connectivity index (χ2n) is 7.31. The fourth-order valence-electron chi connectivity index (χ4n) is 3.26. The van der Waals surface area contributed by atoms with E-state index in [2.05, 4.69) is 17.4 Å². The Balaban J connectivity index is 1.71. The summed E-state index contributed by atoms with van der Waals surface area (Å²) in [4.78, 5) is 14.1. The maximum Gasteiger partial charge on any atom is 0.248 e. The number of anilines is 2. The van der Waals surface area contributed by atoms with Gasteiger partial charge in [-0.3, -0.25) is 9.10 Å². The van der Waals surface area contributed by atoms with E-state index in [4.69, 9.17) is 0 Å². The zero-order chi connectivity index (χ0) is 22.4. The van der Waals surface area contributed by atoms with Gasteiger partial charge in [-0.25, -0.2) is 8.42 Å². The Bertz CT molecular complexity index is 1130. The molecule has 3 rings (SSSR count). The van der Waals surface area contributed by atoms with Crippen LogP contribution in [0.2, 0.25) is 0 Å². The minimum Gasteiger partial charge on any atom is -0.324 e. The van der Waals surface area contributed by atoms with Crippen molar-refractivity contribution < 1.29 is 13.2 Å². The fourth-order valence-corrected chi connectivity index (χ4v) is 5.30. The monoisotopic (exact) mass is 454 g/mol. The van der Waals surface area contributed by atoms with Crippen LogP contribution in [0.1, 0.15) is 18.1 Å². The van der Waals surface area contributed by atoms with Crippen molar-refractivity contribution in [2.24, 2.45) is 0 Å². The molecule has 0 unspecified atom stereocenters. The van der Waals surface area contributed by atoms with E-state index in [1.54, 1.807) is 49.0 Å². The predicted molar refractivity (Wildman–Crippen MR) is 129 cm³/mol. The minimum atomic E-state index is -3.64. The first kappa shape index (κ1) is 22.9. The molecule has 1 N–H and O–H groups in total. The Kier molecular flexibility index (Phi) is 7.41. The Morgan fingerprint density at radius 2 is 1.61 bits per heavy atom. The number of rotatable bonds is 8. The maximum absolute atomic E-state index is 12.9. The van der Waals surface area contributed by atoms with Crippen LogP contribution in [0.5, 0.6) is 0 Å². The van der Waals surface area contributed by atoms with Crippen LogP contribution >= 0.6 is 11.8 Å². The summed E-state index contributed by atoms with van der Waals surface area (Å²) in [5.74, 6) is 0.439. The third-order valence-corrected chi connectivity index (χ3v) is 7.12. The molecule has 0 radical (unpaired) electrons. The Labute approximate surface area is 188 Å². The number of sulfonamides is 1. The summed E-state index contributed by atoms with van der Waals surface area (Å²) in [6.07, 6.45) is 1.11. The smallest absolute Gasteiger partial charge is 0.248 e. The van der Waals surface area contributed by atoms with Gasteiger partial charge in [-0.1, -0.05) is 48.5 Å². The Morgan fingerprint density at radius 3 is 2.19 bits per heavy atom. The summed E-state index contributed by atoms with van der Waals surface area (Å²) in [5, 5.41) is 2.88. The summed E-state index contributed by atoms with van der Waals surface area (Å²) in [6, 6.07) is 23.8. The van der Waals surface area contributed by atoms with Crippen LogP contribution in [-0.4, -0.2) is 26.6 Å². The number of benzene rings is 3. The highest BCUT2D eigenvalue weighted by Crippen LogP contribution is 2.26. The molecule has 1 atom stereocenters. The number of carbonyl (C=O) groups excluding carboxylic acids is 1. The molecule has 3 aromatic rings. The summed E-state index contributed by atoms with van der Waals surface area (Å²) >= 11 is 1.75. The van der Waals surface area contributed by atoms with Crippen molar-refractivity contribution in [3.05, 3.63) is 90.0 Å². The number of carbonyl (C=O) groups is 1. The number of hydrogen-bond donors (Lipinski definition) is 1. The molecule has 0 saturated carbocycles. The quantitative estimate of drug-likeness (QED) is 0.482. The molecule has 0 aliphatic carbocycles. The van der Waals surface area contributed by atoms with Gasteiger partial charge in [0.15, 0.2) is 0 Å². The lowest BCUT2D eigenvalue weighted by atomic mass is 10.1. The highest BCUT2D eigenvalue weighted by atomic mass is 32.2.